The lowest BCUT2D eigenvalue weighted by atomic mass is 10.0. The molecule has 0 aromatic heterocycles. The third-order valence-corrected chi connectivity index (χ3v) is 6.84. The van der Waals surface area contributed by atoms with Gasteiger partial charge in [-0.05, 0) is 67.4 Å². The van der Waals surface area contributed by atoms with E-state index in [1.54, 1.807) is 30.1 Å². The Hall–Kier alpha value is -2.73. The first-order chi connectivity index (χ1) is 15.0. The zero-order chi connectivity index (χ0) is 22.0. The van der Waals surface area contributed by atoms with Gasteiger partial charge < -0.3 is 10.0 Å². The summed E-state index contributed by atoms with van der Waals surface area (Å²) in [6.45, 7) is 4.74. The molecule has 3 aromatic rings. The number of hydrogen-bond acceptors (Lipinski definition) is 4. The fourth-order valence-electron chi connectivity index (χ4n) is 3.79. The number of nitrogens with zero attached hydrogens (tertiary/aromatic N) is 2. The first-order valence-electron chi connectivity index (χ1n) is 9.99. The van der Waals surface area contributed by atoms with E-state index in [1.165, 1.54) is 0 Å². The Kier molecular flexibility index (Phi) is 6.37. The number of anilines is 2. The molecule has 0 fully saturated rings. The largest absolute Gasteiger partial charge is 0.478 e. The second-order valence-electron chi connectivity index (χ2n) is 7.45. The van der Waals surface area contributed by atoms with E-state index in [0.717, 1.165) is 40.4 Å². The summed E-state index contributed by atoms with van der Waals surface area (Å²) in [6.07, 6.45) is 2.82. The van der Waals surface area contributed by atoms with Crippen LogP contribution in [-0.2, 0) is 0 Å². The summed E-state index contributed by atoms with van der Waals surface area (Å²) in [5.41, 5.74) is 3.99. The zero-order valence-corrected chi connectivity index (χ0v) is 18.7. The number of halogens is 1. The van der Waals surface area contributed by atoms with E-state index in [-0.39, 0.29) is 11.6 Å². The molecule has 31 heavy (non-hydrogen) atoms. The molecular formula is C25H23ClN2O2S. The van der Waals surface area contributed by atoms with Crippen molar-refractivity contribution in [2.24, 2.45) is 0 Å². The van der Waals surface area contributed by atoms with Crippen molar-refractivity contribution in [1.29, 1.82) is 0 Å². The molecule has 0 aliphatic carbocycles. The predicted octanol–water partition coefficient (Wildman–Crippen LogP) is 6.74. The normalized spacial score (nSPS) is 16.5. The average Bonchev–Trinajstić information content (AvgIpc) is 2.90. The highest BCUT2D eigenvalue weighted by Gasteiger charge is 2.28. The number of carboxylic acids is 1. The van der Waals surface area contributed by atoms with Gasteiger partial charge in [-0.1, -0.05) is 48.0 Å². The van der Waals surface area contributed by atoms with Crippen molar-refractivity contribution in [3.8, 4) is 11.1 Å². The Labute approximate surface area is 191 Å². The van der Waals surface area contributed by atoms with E-state index in [9.17, 15) is 9.90 Å². The maximum absolute atomic E-state index is 11.4. The van der Waals surface area contributed by atoms with Crippen molar-refractivity contribution in [1.82, 2.24) is 4.31 Å². The number of carboxylic acid groups (broad SMARTS) is 1. The molecule has 1 atom stereocenters. The van der Waals surface area contributed by atoms with Gasteiger partial charge in [0.1, 0.15) is 0 Å². The van der Waals surface area contributed by atoms with Crippen molar-refractivity contribution in [3.63, 3.8) is 0 Å². The summed E-state index contributed by atoms with van der Waals surface area (Å²) < 4.78 is 2.26. The van der Waals surface area contributed by atoms with Crippen LogP contribution in [0.5, 0.6) is 0 Å². The van der Waals surface area contributed by atoms with Gasteiger partial charge in [-0.2, -0.15) is 0 Å². The highest BCUT2D eigenvalue weighted by molar-refractivity contribution is 7.97. The Bertz CT molecular complexity index is 1120. The van der Waals surface area contributed by atoms with Crippen LogP contribution in [0.15, 0.2) is 84.3 Å². The van der Waals surface area contributed by atoms with Crippen molar-refractivity contribution in [2.45, 2.75) is 17.4 Å². The minimum absolute atomic E-state index is 0.241. The van der Waals surface area contributed by atoms with Gasteiger partial charge in [-0.25, -0.2) is 9.10 Å². The first-order valence-corrected chi connectivity index (χ1v) is 11.1. The Morgan fingerprint density at radius 1 is 1.19 bits per heavy atom. The van der Waals surface area contributed by atoms with E-state index in [2.05, 4.69) is 41.0 Å². The van der Waals surface area contributed by atoms with Crippen molar-refractivity contribution in [3.05, 3.63) is 90.0 Å². The maximum atomic E-state index is 11.4. The summed E-state index contributed by atoms with van der Waals surface area (Å²) in [5, 5.41) is 9.96. The molecule has 6 heteroatoms. The van der Waals surface area contributed by atoms with Gasteiger partial charge in [0.15, 0.2) is 0 Å². The third-order valence-electron chi connectivity index (χ3n) is 5.42. The second-order valence-corrected chi connectivity index (χ2v) is 9.05. The molecule has 0 radical (unpaired) electrons. The fourth-order valence-corrected chi connectivity index (χ4v) is 5.10. The molecule has 0 saturated heterocycles. The van der Waals surface area contributed by atoms with E-state index in [1.807, 2.05) is 36.4 Å². The summed E-state index contributed by atoms with van der Waals surface area (Å²) >= 11 is 8.43. The molecule has 0 unspecified atom stereocenters. The number of carbonyl (C=O) groups is 1. The zero-order valence-electron chi connectivity index (χ0n) is 17.2. The van der Waals surface area contributed by atoms with E-state index < -0.39 is 5.97 Å². The molecule has 1 aliphatic heterocycles. The Morgan fingerprint density at radius 3 is 2.68 bits per heavy atom. The quantitative estimate of drug-likeness (QED) is 0.344. The number of fused-ring (bicyclic) bond motifs is 1. The lowest BCUT2D eigenvalue weighted by Gasteiger charge is -2.29. The summed E-state index contributed by atoms with van der Waals surface area (Å²) in [5.74, 6) is -0.954. The Balaban J connectivity index is 1.85. The molecule has 1 aliphatic rings. The topological polar surface area (TPSA) is 43.8 Å². The lowest BCUT2D eigenvalue weighted by molar-refractivity contribution is 0.0697. The highest BCUT2D eigenvalue weighted by Crippen LogP contribution is 2.45. The van der Waals surface area contributed by atoms with Gasteiger partial charge in [0.05, 0.1) is 16.3 Å². The van der Waals surface area contributed by atoms with Gasteiger partial charge in [-0.15, -0.1) is 6.58 Å². The molecule has 3 aromatic carbocycles. The summed E-state index contributed by atoms with van der Waals surface area (Å²) in [4.78, 5) is 14.8. The van der Waals surface area contributed by atoms with Crippen molar-refractivity contribution < 1.29 is 9.90 Å². The van der Waals surface area contributed by atoms with Crippen molar-refractivity contribution in [2.75, 3.05) is 18.5 Å². The van der Waals surface area contributed by atoms with Gasteiger partial charge in [-0.3, -0.25) is 0 Å². The van der Waals surface area contributed by atoms with Crippen LogP contribution in [0.2, 0.25) is 5.02 Å². The van der Waals surface area contributed by atoms with E-state index >= 15 is 0 Å². The molecule has 0 bridgehead atoms. The second kappa shape index (κ2) is 9.18. The van der Waals surface area contributed by atoms with Crippen LogP contribution in [0.3, 0.4) is 0 Å². The van der Waals surface area contributed by atoms with Crippen LogP contribution in [0.1, 0.15) is 16.8 Å². The molecule has 4 rings (SSSR count). The lowest BCUT2D eigenvalue weighted by Crippen LogP contribution is -2.35. The molecule has 158 valence electrons. The summed E-state index contributed by atoms with van der Waals surface area (Å²) in [7, 11) is 2.09. The fraction of sp³-hybridized carbons (Fsp3) is 0.160. The van der Waals surface area contributed by atoms with Crippen LogP contribution in [0.4, 0.5) is 11.4 Å². The van der Waals surface area contributed by atoms with Crippen molar-refractivity contribution >= 4 is 40.9 Å². The molecule has 0 saturated carbocycles. The summed E-state index contributed by atoms with van der Waals surface area (Å²) in [6, 6.07) is 21.5. The number of rotatable bonds is 5. The standard InChI is InChI=1S/C25H23ClN2O2S/c1-3-8-20-16-28(19-11-5-4-6-12-19)23-15-22(26)21(14-24(23)31-27(20)2)17-9-7-10-18(13-17)25(29)30/h3-7,9-15,20H,1,8,16H2,2H3,(H,29,30)/t20-/m0/s1. The third kappa shape index (κ3) is 4.49. The number of benzene rings is 3. The monoisotopic (exact) mass is 450 g/mol. The number of hydrogen-bond donors (Lipinski definition) is 1. The van der Waals surface area contributed by atoms with Gasteiger partial charge in [0.2, 0.25) is 0 Å². The molecular weight excluding hydrogens is 428 g/mol. The highest BCUT2D eigenvalue weighted by atomic mass is 35.5. The minimum Gasteiger partial charge on any atom is -0.478 e. The smallest absolute Gasteiger partial charge is 0.335 e. The molecule has 1 N–H and O–H groups in total. The number of aromatic carboxylic acids is 1. The van der Waals surface area contributed by atoms with Crippen LogP contribution in [0, 0.1) is 0 Å². The molecule has 4 nitrogen and oxygen atoms in total. The molecule has 0 amide bonds. The predicted molar refractivity (Wildman–Crippen MR) is 130 cm³/mol. The average molecular weight is 451 g/mol. The maximum Gasteiger partial charge on any atom is 0.335 e. The van der Waals surface area contributed by atoms with Crippen LogP contribution in [-0.4, -0.2) is 35.0 Å². The molecule has 0 spiro atoms. The van der Waals surface area contributed by atoms with Gasteiger partial charge >= 0.3 is 5.97 Å². The van der Waals surface area contributed by atoms with Gasteiger partial charge in [0, 0.05) is 28.7 Å². The van der Waals surface area contributed by atoms with Gasteiger partial charge in [0.25, 0.3) is 0 Å². The SMILES string of the molecule is C=CC[C@H]1CN(c2ccccc2)c2cc(Cl)c(-c3cccc(C(=O)O)c3)cc2SN1C. The van der Waals surface area contributed by atoms with Crippen LogP contribution < -0.4 is 4.90 Å². The number of likely N-dealkylation sites (N-methyl/N-ethyl adjacent to an activating group) is 1. The minimum atomic E-state index is -0.954. The van der Waals surface area contributed by atoms with Crippen LogP contribution >= 0.6 is 23.5 Å². The number of para-hydroxylation sites is 1. The molecule has 1 heterocycles. The van der Waals surface area contributed by atoms with E-state index in [4.69, 9.17) is 11.6 Å². The Morgan fingerprint density at radius 2 is 1.97 bits per heavy atom. The first kappa shape index (κ1) is 21.5. The van der Waals surface area contributed by atoms with E-state index in [0.29, 0.717) is 5.02 Å². The van der Waals surface area contributed by atoms with Crippen LogP contribution in [0.25, 0.3) is 11.1 Å².